The first-order valence-corrected chi connectivity index (χ1v) is 29.0. The van der Waals surface area contributed by atoms with Crippen molar-refractivity contribution in [1.29, 1.82) is 0 Å². The van der Waals surface area contributed by atoms with Gasteiger partial charge in [-0.05, 0) is 167 Å². The van der Waals surface area contributed by atoms with Crippen LogP contribution in [0.15, 0.2) is 224 Å². The Bertz CT molecular complexity index is 4070. The number of aliphatic hydroxyl groups excluding tert-OH is 2. The van der Waals surface area contributed by atoms with Crippen molar-refractivity contribution in [2.75, 3.05) is 0 Å². The molecule has 0 saturated heterocycles. The summed E-state index contributed by atoms with van der Waals surface area (Å²) in [5, 5.41) is 38.2. The van der Waals surface area contributed by atoms with E-state index in [1.54, 1.807) is 32.2 Å². The smallest absolute Gasteiger partial charge is 0.868 e. The Morgan fingerprint density at radius 3 is 1.72 bits per heavy atom. The fourth-order valence-corrected chi connectivity index (χ4v) is 10.4. The quantitative estimate of drug-likeness (QED) is 0.0650. The molecule has 0 spiro atoms. The minimum Gasteiger partial charge on any atom is -0.868 e. The normalized spacial score (nSPS) is 11.6. The van der Waals surface area contributed by atoms with Gasteiger partial charge in [0.1, 0.15) is 0 Å². The second-order valence-electron chi connectivity index (χ2n) is 22.1. The SMILES string of the molecule is CC(O)CC(C)O.CCC(C)=Nc1ccccc1C.Cc1[c-]c(-c2ccc3c(CC(C)C)cccc3n2)cc(C)c1.Cc1ccc(-c2c3ccccc3c(-c3ccc4ccccc4c3)c3ccccc23)cc1.[Ir].[Li+].[O-]c1cccc2ccc[nH+]c12. The van der Waals surface area contributed by atoms with E-state index in [0.717, 1.165) is 46.3 Å². The molecule has 2 aromatic heterocycles. The first-order chi connectivity index (χ1) is 40.1. The van der Waals surface area contributed by atoms with E-state index in [2.05, 4.69) is 241 Å². The Hall–Kier alpha value is -7.56. The second-order valence-corrected chi connectivity index (χ2v) is 22.1. The summed E-state index contributed by atoms with van der Waals surface area (Å²) < 4.78 is 0. The van der Waals surface area contributed by atoms with Crippen molar-refractivity contribution >= 4 is 65.5 Å². The van der Waals surface area contributed by atoms with Crippen LogP contribution in [-0.4, -0.2) is 33.1 Å². The molecule has 0 aliphatic carbocycles. The van der Waals surface area contributed by atoms with Crippen molar-refractivity contribution in [3.05, 3.63) is 252 Å². The molecule has 0 saturated carbocycles. The molecule has 0 amide bonds. The molecule has 2 unspecified atom stereocenters. The fraction of sp³-hybridized carbons (Fsp3) is 0.208. The molecule has 10 aromatic carbocycles. The van der Waals surface area contributed by atoms with Crippen LogP contribution in [0.3, 0.4) is 0 Å². The van der Waals surface area contributed by atoms with Gasteiger partial charge in [-0.25, -0.2) is 4.98 Å². The summed E-state index contributed by atoms with van der Waals surface area (Å²) >= 11 is 0. The molecule has 8 heteroatoms. The van der Waals surface area contributed by atoms with Crippen molar-refractivity contribution < 1.29 is 59.3 Å². The van der Waals surface area contributed by atoms with Crippen LogP contribution in [0, 0.1) is 39.7 Å². The standard InChI is InChI=1S/C31H22.C21H22N.C11H15N.C9H7NO.C5H12O2.Ir.Li/c1-21-14-16-23(17-15-21)30-26-10-4-6-12-28(26)31(29-13-7-5-11-27(29)30)25-19-18-22-8-2-3-9-24(22)20-25;1-14(2)10-17-6-5-7-21-19(17)8-9-20(22-21)18-12-15(3)11-16(4)13-18;1-4-10(3)12-11-8-6-5-7-9(11)2;11-8-5-1-3-7-4-2-6-10-9(7)8;1-4(6)3-5(2)7;;/h2-20H,1H3;5-9,11-12,14H,10H2,1-4H3;5-8H,4H2,1-3H3;1-6,11H;4-7H,3H2,1-2H3;;/q;-1;;;;;+1. The van der Waals surface area contributed by atoms with Crippen molar-refractivity contribution in [2.24, 2.45) is 10.9 Å². The third kappa shape index (κ3) is 18.0. The molecule has 85 heavy (non-hydrogen) atoms. The topological polar surface area (TPSA) is 103 Å². The number of aromatic nitrogens is 2. The number of para-hydroxylation sites is 2. The van der Waals surface area contributed by atoms with Crippen LogP contribution in [-0.2, 0) is 26.5 Å². The Labute approximate surface area is 529 Å². The molecule has 2 heterocycles. The number of hydrogen-bond acceptors (Lipinski definition) is 5. The van der Waals surface area contributed by atoms with Crippen LogP contribution in [0.4, 0.5) is 5.69 Å². The van der Waals surface area contributed by atoms with Crippen LogP contribution >= 0.6 is 0 Å². The summed E-state index contributed by atoms with van der Waals surface area (Å²) in [5.41, 5.74) is 17.6. The number of aliphatic imine (C=N–C) groups is 1. The monoisotopic (exact) mass is 1290 g/mol. The van der Waals surface area contributed by atoms with Crippen molar-refractivity contribution in [3.63, 3.8) is 0 Å². The van der Waals surface area contributed by atoms with E-state index in [1.165, 1.54) is 87.9 Å². The molecule has 3 N–H and O–H groups in total. The number of rotatable bonds is 9. The summed E-state index contributed by atoms with van der Waals surface area (Å²) in [6.07, 6.45) is 3.59. The first-order valence-electron chi connectivity index (χ1n) is 29.0. The van der Waals surface area contributed by atoms with E-state index in [-0.39, 0.29) is 56.9 Å². The van der Waals surface area contributed by atoms with E-state index < -0.39 is 0 Å². The van der Waals surface area contributed by atoms with Gasteiger partial charge < -0.3 is 15.3 Å². The summed E-state index contributed by atoms with van der Waals surface area (Å²) in [6, 6.07) is 77.7. The molecule has 12 aromatic rings. The van der Waals surface area contributed by atoms with Crippen molar-refractivity contribution in [2.45, 2.75) is 101 Å². The van der Waals surface area contributed by atoms with Crippen molar-refractivity contribution in [1.82, 2.24) is 4.98 Å². The van der Waals surface area contributed by atoms with E-state index in [9.17, 15) is 5.11 Å². The number of nitrogens with zero attached hydrogens (tertiary/aromatic N) is 2. The third-order valence-electron chi connectivity index (χ3n) is 14.5. The van der Waals surface area contributed by atoms with Crippen LogP contribution in [0.2, 0.25) is 0 Å². The molecule has 0 fully saturated rings. The average molecular weight is 1290 g/mol. The Kier molecular flexibility index (Phi) is 25.1. The zero-order valence-electron chi connectivity index (χ0n) is 51.2. The molecular formula is C77H78IrLiN3O3. The number of fused-ring (bicyclic) bond motifs is 5. The second kappa shape index (κ2) is 32.1. The van der Waals surface area contributed by atoms with Gasteiger partial charge in [0.15, 0.2) is 6.20 Å². The number of nitrogens with one attached hydrogen (secondary N) is 1. The van der Waals surface area contributed by atoms with E-state index in [4.69, 9.17) is 15.2 Å². The maximum atomic E-state index is 11.1. The van der Waals surface area contributed by atoms with Gasteiger partial charge in [-0.15, -0.1) is 34.9 Å². The minimum atomic E-state index is -0.375. The van der Waals surface area contributed by atoms with Gasteiger partial charge in [-0.2, -0.15) is 0 Å². The van der Waals surface area contributed by atoms with E-state index >= 15 is 0 Å². The van der Waals surface area contributed by atoms with Crippen molar-refractivity contribution in [3.8, 4) is 39.3 Å². The van der Waals surface area contributed by atoms with Gasteiger partial charge >= 0.3 is 18.9 Å². The number of benzene rings is 10. The third-order valence-corrected chi connectivity index (χ3v) is 14.5. The number of aryl methyl sites for hydroxylation is 4. The number of hydrogen-bond donors (Lipinski definition) is 2. The molecule has 0 bridgehead atoms. The summed E-state index contributed by atoms with van der Waals surface area (Å²) in [5.74, 6) is 0.695. The van der Waals surface area contributed by atoms with Gasteiger partial charge in [0.05, 0.1) is 23.4 Å². The summed E-state index contributed by atoms with van der Waals surface area (Å²) in [6.45, 7) is 20.4. The maximum absolute atomic E-state index is 11.1. The average Bonchev–Trinajstić information content (AvgIpc) is 1.15. The fourth-order valence-electron chi connectivity index (χ4n) is 10.4. The molecule has 429 valence electrons. The van der Waals surface area contributed by atoms with Crippen LogP contribution in [0.5, 0.6) is 5.75 Å². The Morgan fingerprint density at radius 2 is 1.13 bits per heavy atom. The molecule has 0 aliphatic heterocycles. The molecule has 12 rings (SSSR count). The molecule has 6 nitrogen and oxygen atoms in total. The summed E-state index contributed by atoms with van der Waals surface area (Å²) in [7, 11) is 0. The first kappa shape index (κ1) is 66.6. The molecule has 0 aliphatic rings. The van der Waals surface area contributed by atoms with Gasteiger partial charge in [0.2, 0.25) is 5.52 Å². The maximum Gasteiger partial charge on any atom is 1.00 e. The van der Waals surface area contributed by atoms with Gasteiger partial charge in [0, 0.05) is 42.7 Å². The number of aliphatic hydroxyl groups is 2. The van der Waals surface area contributed by atoms with Gasteiger partial charge in [-0.1, -0.05) is 204 Å². The Morgan fingerprint density at radius 1 is 0.565 bits per heavy atom. The number of H-pyrrole nitrogens is 1. The zero-order chi connectivity index (χ0) is 59.0. The number of pyridine rings is 2. The Balaban J connectivity index is 0.000000187. The predicted octanol–water partition coefficient (Wildman–Crippen LogP) is 15.7. The molecular weight excluding hydrogens is 1210 g/mol. The van der Waals surface area contributed by atoms with Crippen LogP contribution in [0.1, 0.15) is 82.2 Å². The van der Waals surface area contributed by atoms with Gasteiger partial charge in [0.25, 0.3) is 0 Å². The molecule has 1 radical (unpaired) electrons. The summed E-state index contributed by atoms with van der Waals surface area (Å²) in [4.78, 5) is 12.3. The van der Waals surface area contributed by atoms with Gasteiger partial charge in [-0.3, -0.25) is 9.98 Å². The predicted molar refractivity (Wildman–Crippen MR) is 351 cm³/mol. The minimum absolute atomic E-state index is 0. The van der Waals surface area contributed by atoms with E-state index in [0.29, 0.717) is 17.9 Å². The van der Waals surface area contributed by atoms with Crippen LogP contribution < -0.4 is 29.0 Å². The van der Waals surface area contributed by atoms with Crippen LogP contribution in [0.25, 0.3) is 87.6 Å². The zero-order valence-corrected chi connectivity index (χ0v) is 53.6. The van der Waals surface area contributed by atoms with E-state index in [1.807, 2.05) is 30.3 Å². The largest absolute Gasteiger partial charge is 1.00 e. The number of aromatic amines is 1. The molecule has 2 atom stereocenters.